The van der Waals surface area contributed by atoms with Gasteiger partial charge in [-0.3, -0.25) is 0 Å². The second kappa shape index (κ2) is 7.46. The molecule has 0 bridgehead atoms. The Balaban J connectivity index is 2.23. The topological polar surface area (TPSA) is 15.3 Å². The average molecular weight is 339 g/mol. The highest BCUT2D eigenvalue weighted by Gasteiger charge is 2.23. The predicted octanol–water partition coefficient (Wildman–Crippen LogP) is 4.72. The number of nitrogens with zero attached hydrogens (tertiary/aromatic N) is 1. The molecule has 20 heavy (non-hydrogen) atoms. The molecular weight excluding hydrogens is 312 g/mol. The van der Waals surface area contributed by atoms with Gasteiger partial charge in [0.2, 0.25) is 0 Å². The smallest absolute Gasteiger partial charge is 0.0415 e. The van der Waals surface area contributed by atoms with Crippen molar-refractivity contribution in [1.29, 1.82) is 0 Å². The fourth-order valence-electron chi connectivity index (χ4n) is 3.13. The Kier molecular flexibility index (Phi) is 5.91. The first-order valence-corrected chi connectivity index (χ1v) is 8.69. The minimum absolute atomic E-state index is 0.517. The van der Waals surface area contributed by atoms with E-state index in [1.807, 2.05) is 0 Å². The van der Waals surface area contributed by atoms with Crippen LogP contribution in [0.5, 0.6) is 0 Å². The molecule has 1 aliphatic rings. The summed E-state index contributed by atoms with van der Waals surface area (Å²) < 4.78 is 1.17. The summed E-state index contributed by atoms with van der Waals surface area (Å²) in [5.74, 6) is 0. The number of nitrogens with one attached hydrogen (secondary N) is 1. The summed E-state index contributed by atoms with van der Waals surface area (Å²) in [5, 5.41) is 3.55. The molecule has 0 heterocycles. The van der Waals surface area contributed by atoms with Gasteiger partial charge in [-0.2, -0.15) is 0 Å². The van der Waals surface area contributed by atoms with Crippen molar-refractivity contribution in [2.45, 2.75) is 65.1 Å². The highest BCUT2D eigenvalue weighted by molar-refractivity contribution is 9.10. The van der Waals surface area contributed by atoms with E-state index in [1.165, 1.54) is 41.4 Å². The molecule has 1 aliphatic carbocycles. The summed E-state index contributed by atoms with van der Waals surface area (Å²) in [5.41, 5.74) is 2.82. The highest BCUT2D eigenvalue weighted by atomic mass is 79.9. The van der Waals surface area contributed by atoms with E-state index in [-0.39, 0.29) is 0 Å². The van der Waals surface area contributed by atoms with Crippen molar-refractivity contribution in [2.75, 3.05) is 11.4 Å². The molecule has 0 aromatic heterocycles. The summed E-state index contributed by atoms with van der Waals surface area (Å²) in [7, 11) is 0. The van der Waals surface area contributed by atoms with Crippen molar-refractivity contribution in [3.05, 3.63) is 28.2 Å². The average Bonchev–Trinajstić information content (AvgIpc) is 2.93. The third-order valence-electron chi connectivity index (χ3n) is 4.16. The third-order valence-corrected chi connectivity index (χ3v) is 4.65. The molecular formula is C17H27BrN2. The van der Waals surface area contributed by atoms with Crippen LogP contribution in [0, 0.1) is 0 Å². The maximum Gasteiger partial charge on any atom is 0.0415 e. The van der Waals surface area contributed by atoms with E-state index >= 15 is 0 Å². The van der Waals surface area contributed by atoms with Crippen LogP contribution in [-0.2, 0) is 6.54 Å². The van der Waals surface area contributed by atoms with E-state index in [4.69, 9.17) is 0 Å². The number of anilines is 1. The Morgan fingerprint density at radius 3 is 2.60 bits per heavy atom. The van der Waals surface area contributed by atoms with Gasteiger partial charge in [-0.05, 0) is 43.5 Å². The van der Waals surface area contributed by atoms with Crippen molar-refractivity contribution in [1.82, 2.24) is 5.32 Å². The monoisotopic (exact) mass is 338 g/mol. The molecule has 3 heteroatoms. The molecule has 0 radical (unpaired) electrons. The lowest BCUT2D eigenvalue weighted by Crippen LogP contribution is -2.34. The van der Waals surface area contributed by atoms with E-state index < -0.39 is 0 Å². The van der Waals surface area contributed by atoms with Crippen LogP contribution in [0.3, 0.4) is 0 Å². The minimum Gasteiger partial charge on any atom is -0.369 e. The van der Waals surface area contributed by atoms with Gasteiger partial charge in [0.15, 0.2) is 0 Å². The molecule has 0 saturated heterocycles. The van der Waals surface area contributed by atoms with Crippen molar-refractivity contribution in [3.8, 4) is 0 Å². The van der Waals surface area contributed by atoms with Crippen LogP contribution >= 0.6 is 15.9 Å². The molecule has 1 saturated carbocycles. The Morgan fingerprint density at radius 2 is 2.00 bits per heavy atom. The molecule has 0 spiro atoms. The number of rotatable bonds is 6. The first-order chi connectivity index (χ1) is 9.61. The summed E-state index contributed by atoms with van der Waals surface area (Å²) in [6.45, 7) is 8.72. The van der Waals surface area contributed by atoms with Gasteiger partial charge >= 0.3 is 0 Å². The van der Waals surface area contributed by atoms with Gasteiger partial charge in [-0.1, -0.05) is 42.6 Å². The zero-order valence-electron chi connectivity index (χ0n) is 13.0. The maximum atomic E-state index is 3.61. The first kappa shape index (κ1) is 15.8. The zero-order valence-corrected chi connectivity index (χ0v) is 14.5. The summed E-state index contributed by atoms with van der Waals surface area (Å²) in [6, 6.07) is 7.97. The Hall–Kier alpha value is -0.540. The lowest BCUT2D eigenvalue weighted by Gasteiger charge is -2.32. The first-order valence-electron chi connectivity index (χ1n) is 7.90. The van der Waals surface area contributed by atoms with Crippen LogP contribution in [0.4, 0.5) is 5.69 Å². The van der Waals surface area contributed by atoms with Gasteiger partial charge in [-0.25, -0.2) is 0 Å². The Morgan fingerprint density at radius 1 is 1.30 bits per heavy atom. The van der Waals surface area contributed by atoms with Crippen molar-refractivity contribution in [2.24, 2.45) is 0 Å². The lowest BCUT2D eigenvalue weighted by molar-refractivity contribution is 0.580. The van der Waals surface area contributed by atoms with Crippen LogP contribution in [-0.4, -0.2) is 18.6 Å². The van der Waals surface area contributed by atoms with Gasteiger partial charge in [-0.15, -0.1) is 0 Å². The summed E-state index contributed by atoms with van der Waals surface area (Å²) >= 11 is 3.61. The molecule has 2 rings (SSSR count). The molecule has 1 aromatic carbocycles. The Labute approximate surface area is 132 Å². The fourth-order valence-corrected chi connectivity index (χ4v) is 3.54. The van der Waals surface area contributed by atoms with E-state index in [0.717, 1.165) is 19.1 Å². The minimum atomic E-state index is 0.517. The zero-order chi connectivity index (χ0) is 14.5. The third kappa shape index (κ3) is 3.98. The molecule has 1 N–H and O–H groups in total. The second-order valence-corrected chi connectivity index (χ2v) is 6.95. The van der Waals surface area contributed by atoms with Crippen LogP contribution in [0.1, 0.15) is 52.0 Å². The molecule has 0 atom stereocenters. The van der Waals surface area contributed by atoms with Crippen LogP contribution in [0.25, 0.3) is 0 Å². The van der Waals surface area contributed by atoms with Crippen LogP contribution in [0.2, 0.25) is 0 Å². The number of halogens is 1. The normalized spacial score (nSPS) is 16.1. The SMILES string of the molecule is CCN(c1ccc(Br)cc1CNC(C)C)C1CCCC1. The van der Waals surface area contributed by atoms with Crippen molar-refractivity contribution >= 4 is 21.6 Å². The van der Waals surface area contributed by atoms with E-state index in [0.29, 0.717) is 6.04 Å². The molecule has 1 aromatic rings. The van der Waals surface area contributed by atoms with Gasteiger partial charge in [0.25, 0.3) is 0 Å². The van der Waals surface area contributed by atoms with Gasteiger partial charge in [0, 0.05) is 35.3 Å². The fraction of sp³-hybridized carbons (Fsp3) is 0.647. The van der Waals surface area contributed by atoms with Crippen molar-refractivity contribution in [3.63, 3.8) is 0 Å². The van der Waals surface area contributed by atoms with E-state index in [9.17, 15) is 0 Å². The quantitative estimate of drug-likeness (QED) is 0.807. The largest absolute Gasteiger partial charge is 0.369 e. The lowest BCUT2D eigenvalue weighted by atomic mass is 10.1. The highest BCUT2D eigenvalue weighted by Crippen LogP contribution is 2.31. The molecule has 0 aliphatic heterocycles. The van der Waals surface area contributed by atoms with Gasteiger partial charge < -0.3 is 10.2 Å². The number of benzene rings is 1. The van der Waals surface area contributed by atoms with Crippen LogP contribution in [0.15, 0.2) is 22.7 Å². The number of hydrogen-bond acceptors (Lipinski definition) is 2. The molecule has 0 amide bonds. The Bertz CT molecular complexity index is 425. The summed E-state index contributed by atoms with van der Waals surface area (Å²) in [6.07, 6.45) is 5.47. The van der Waals surface area contributed by atoms with Crippen LogP contribution < -0.4 is 10.2 Å². The van der Waals surface area contributed by atoms with Gasteiger partial charge in [0.1, 0.15) is 0 Å². The van der Waals surface area contributed by atoms with E-state index in [1.54, 1.807) is 0 Å². The number of hydrogen-bond donors (Lipinski definition) is 1. The molecule has 112 valence electrons. The second-order valence-electron chi connectivity index (χ2n) is 6.03. The van der Waals surface area contributed by atoms with Gasteiger partial charge in [0.05, 0.1) is 0 Å². The molecule has 2 nitrogen and oxygen atoms in total. The standard InChI is InChI=1S/C17H27BrN2/c1-4-20(16-7-5-6-8-16)17-10-9-15(18)11-14(17)12-19-13(2)3/h9-11,13,16,19H,4-8,12H2,1-3H3. The van der Waals surface area contributed by atoms with Crippen molar-refractivity contribution < 1.29 is 0 Å². The molecule has 0 unspecified atom stereocenters. The predicted molar refractivity (Wildman–Crippen MR) is 91.4 cm³/mol. The summed E-state index contributed by atoms with van der Waals surface area (Å²) in [4.78, 5) is 2.61. The molecule has 1 fully saturated rings. The maximum absolute atomic E-state index is 3.61. The van der Waals surface area contributed by atoms with E-state index in [2.05, 4.69) is 65.1 Å².